The molecule has 1 amide bonds. The summed E-state index contributed by atoms with van der Waals surface area (Å²) in [7, 11) is 0. The number of benzene rings is 1. The van der Waals surface area contributed by atoms with Gasteiger partial charge in [-0.25, -0.2) is 0 Å². The SMILES string of the molecule is CCC1(CNC(=O)c2cc3cc(N)ccc3s2)CC1. The zero-order valence-corrected chi connectivity index (χ0v) is 11.8. The Labute approximate surface area is 116 Å². The molecule has 0 atom stereocenters. The number of amides is 1. The lowest BCUT2D eigenvalue weighted by molar-refractivity contribution is 0.0948. The normalized spacial score (nSPS) is 16.5. The third-order valence-electron chi connectivity index (χ3n) is 4.10. The molecule has 1 aliphatic carbocycles. The van der Waals surface area contributed by atoms with E-state index in [0.717, 1.165) is 33.6 Å². The first-order valence-corrected chi connectivity index (χ1v) is 7.51. The van der Waals surface area contributed by atoms with E-state index in [1.165, 1.54) is 24.2 Å². The summed E-state index contributed by atoms with van der Waals surface area (Å²) in [6, 6.07) is 7.69. The molecule has 0 unspecified atom stereocenters. The fraction of sp³-hybridized carbons (Fsp3) is 0.400. The summed E-state index contributed by atoms with van der Waals surface area (Å²) in [6.45, 7) is 3.00. The zero-order valence-electron chi connectivity index (χ0n) is 11.0. The Balaban J connectivity index is 1.74. The van der Waals surface area contributed by atoms with E-state index in [9.17, 15) is 4.79 Å². The highest BCUT2D eigenvalue weighted by molar-refractivity contribution is 7.20. The summed E-state index contributed by atoms with van der Waals surface area (Å²) >= 11 is 1.53. The minimum Gasteiger partial charge on any atom is -0.399 e. The molecule has 100 valence electrons. The molecule has 3 rings (SSSR count). The fourth-order valence-electron chi connectivity index (χ4n) is 2.36. The second kappa shape index (κ2) is 4.53. The number of nitrogen functional groups attached to an aromatic ring is 1. The molecule has 1 aromatic carbocycles. The molecule has 1 fully saturated rings. The molecule has 3 N–H and O–H groups in total. The fourth-order valence-corrected chi connectivity index (χ4v) is 3.32. The van der Waals surface area contributed by atoms with E-state index in [2.05, 4.69) is 12.2 Å². The summed E-state index contributed by atoms with van der Waals surface area (Å²) in [5.74, 6) is 0.0412. The van der Waals surface area contributed by atoms with Crippen molar-refractivity contribution in [1.29, 1.82) is 0 Å². The number of thiophene rings is 1. The van der Waals surface area contributed by atoms with Crippen LogP contribution in [0.1, 0.15) is 35.9 Å². The van der Waals surface area contributed by atoms with Crippen LogP contribution in [0.5, 0.6) is 0 Å². The molecule has 0 saturated heterocycles. The molecule has 1 heterocycles. The molecular formula is C15H18N2OS. The monoisotopic (exact) mass is 274 g/mol. The first-order valence-electron chi connectivity index (χ1n) is 6.69. The van der Waals surface area contributed by atoms with Crippen LogP contribution in [0, 0.1) is 5.41 Å². The first kappa shape index (κ1) is 12.5. The number of carbonyl (C=O) groups excluding carboxylic acids is 1. The second-order valence-corrected chi connectivity index (χ2v) is 6.53. The molecule has 4 heteroatoms. The number of fused-ring (bicyclic) bond motifs is 1. The molecule has 3 nitrogen and oxygen atoms in total. The Morgan fingerprint density at radius 1 is 1.42 bits per heavy atom. The average Bonchev–Trinajstić information content (AvgIpc) is 3.07. The maximum atomic E-state index is 12.2. The highest BCUT2D eigenvalue weighted by Crippen LogP contribution is 2.47. The topological polar surface area (TPSA) is 55.1 Å². The molecule has 0 aliphatic heterocycles. The molecule has 0 radical (unpaired) electrons. The van der Waals surface area contributed by atoms with Gasteiger partial charge in [0.15, 0.2) is 0 Å². The standard InChI is InChI=1S/C15H18N2OS/c1-2-15(5-6-15)9-17-14(18)13-8-10-7-11(16)3-4-12(10)19-13/h3-4,7-8H,2,5-6,9,16H2,1H3,(H,17,18). The predicted molar refractivity (Wildman–Crippen MR) is 80.5 cm³/mol. The Hall–Kier alpha value is -1.55. The van der Waals surface area contributed by atoms with Gasteiger partial charge in [0, 0.05) is 16.9 Å². The molecular weight excluding hydrogens is 256 g/mol. The van der Waals surface area contributed by atoms with Crippen molar-refractivity contribution in [1.82, 2.24) is 5.32 Å². The molecule has 2 aromatic rings. The summed E-state index contributed by atoms with van der Waals surface area (Å²) in [5.41, 5.74) is 6.88. The number of hydrogen-bond acceptors (Lipinski definition) is 3. The number of anilines is 1. The van der Waals surface area contributed by atoms with Crippen LogP contribution in [0.3, 0.4) is 0 Å². The van der Waals surface area contributed by atoms with Gasteiger partial charge in [-0.05, 0) is 54.3 Å². The number of nitrogens with two attached hydrogens (primary N) is 1. The molecule has 1 aromatic heterocycles. The van der Waals surface area contributed by atoms with E-state index >= 15 is 0 Å². The predicted octanol–water partition coefficient (Wildman–Crippen LogP) is 3.40. The van der Waals surface area contributed by atoms with Crippen molar-refractivity contribution in [2.75, 3.05) is 12.3 Å². The van der Waals surface area contributed by atoms with E-state index in [-0.39, 0.29) is 5.91 Å². The van der Waals surface area contributed by atoms with Gasteiger partial charge in [0.2, 0.25) is 0 Å². The number of carbonyl (C=O) groups is 1. The van der Waals surface area contributed by atoms with Gasteiger partial charge in [0.05, 0.1) is 4.88 Å². The maximum Gasteiger partial charge on any atom is 0.261 e. The number of hydrogen-bond donors (Lipinski definition) is 2. The van der Waals surface area contributed by atoms with E-state index in [0.29, 0.717) is 5.41 Å². The Kier molecular flexibility index (Phi) is 2.97. The van der Waals surface area contributed by atoms with Crippen LogP contribution < -0.4 is 11.1 Å². The smallest absolute Gasteiger partial charge is 0.261 e. The average molecular weight is 274 g/mol. The van der Waals surface area contributed by atoms with Crippen molar-refractivity contribution >= 4 is 33.0 Å². The lowest BCUT2D eigenvalue weighted by Crippen LogP contribution is -2.29. The minimum atomic E-state index is 0.0412. The van der Waals surface area contributed by atoms with Gasteiger partial charge >= 0.3 is 0 Å². The van der Waals surface area contributed by atoms with Crippen molar-refractivity contribution in [3.05, 3.63) is 29.1 Å². The third kappa shape index (κ3) is 2.45. The van der Waals surface area contributed by atoms with E-state index in [1.807, 2.05) is 24.3 Å². The van der Waals surface area contributed by atoms with Crippen LogP contribution in [0.15, 0.2) is 24.3 Å². The van der Waals surface area contributed by atoms with Crippen molar-refractivity contribution in [3.63, 3.8) is 0 Å². The van der Waals surface area contributed by atoms with Crippen molar-refractivity contribution in [2.45, 2.75) is 26.2 Å². The highest BCUT2D eigenvalue weighted by Gasteiger charge is 2.40. The van der Waals surface area contributed by atoms with Crippen LogP contribution in [-0.2, 0) is 0 Å². The third-order valence-corrected chi connectivity index (χ3v) is 5.21. The Morgan fingerprint density at radius 2 is 2.21 bits per heavy atom. The van der Waals surface area contributed by atoms with Crippen molar-refractivity contribution in [2.24, 2.45) is 5.41 Å². The summed E-state index contributed by atoms with van der Waals surface area (Å²) in [4.78, 5) is 12.9. The lowest BCUT2D eigenvalue weighted by Gasteiger charge is -2.12. The zero-order chi connectivity index (χ0) is 13.5. The van der Waals surface area contributed by atoms with E-state index in [4.69, 9.17) is 5.73 Å². The summed E-state index contributed by atoms with van der Waals surface area (Å²) in [6.07, 6.45) is 3.63. The van der Waals surface area contributed by atoms with Crippen LogP contribution in [0.25, 0.3) is 10.1 Å². The van der Waals surface area contributed by atoms with Gasteiger partial charge in [0.1, 0.15) is 0 Å². The van der Waals surface area contributed by atoms with E-state index < -0.39 is 0 Å². The van der Waals surface area contributed by atoms with Gasteiger partial charge in [0.25, 0.3) is 5.91 Å². The van der Waals surface area contributed by atoms with Gasteiger partial charge in [-0.15, -0.1) is 11.3 Å². The first-order chi connectivity index (χ1) is 9.12. The van der Waals surface area contributed by atoms with Crippen LogP contribution in [0.4, 0.5) is 5.69 Å². The van der Waals surface area contributed by atoms with Crippen LogP contribution in [-0.4, -0.2) is 12.5 Å². The summed E-state index contributed by atoms with van der Waals surface area (Å²) < 4.78 is 1.11. The van der Waals surface area contributed by atoms with Gasteiger partial charge in [-0.3, -0.25) is 4.79 Å². The molecule has 1 aliphatic rings. The van der Waals surface area contributed by atoms with E-state index in [1.54, 1.807) is 0 Å². The molecule has 19 heavy (non-hydrogen) atoms. The largest absolute Gasteiger partial charge is 0.399 e. The van der Waals surface area contributed by atoms with Crippen molar-refractivity contribution in [3.8, 4) is 0 Å². The maximum absolute atomic E-state index is 12.2. The van der Waals surface area contributed by atoms with Gasteiger partial charge in [-0.1, -0.05) is 6.92 Å². The van der Waals surface area contributed by atoms with Crippen LogP contribution in [0.2, 0.25) is 0 Å². The molecule has 0 spiro atoms. The lowest BCUT2D eigenvalue weighted by atomic mass is 10.0. The highest BCUT2D eigenvalue weighted by atomic mass is 32.1. The second-order valence-electron chi connectivity index (χ2n) is 5.44. The number of nitrogens with one attached hydrogen (secondary N) is 1. The minimum absolute atomic E-state index is 0.0412. The Bertz CT molecular complexity index is 628. The van der Waals surface area contributed by atoms with Gasteiger partial charge < -0.3 is 11.1 Å². The van der Waals surface area contributed by atoms with Gasteiger partial charge in [-0.2, -0.15) is 0 Å². The van der Waals surface area contributed by atoms with Crippen molar-refractivity contribution < 1.29 is 4.79 Å². The van der Waals surface area contributed by atoms with Crippen LogP contribution >= 0.6 is 11.3 Å². The number of rotatable bonds is 4. The molecule has 0 bridgehead atoms. The quantitative estimate of drug-likeness (QED) is 0.839. The molecule has 1 saturated carbocycles. The summed E-state index contributed by atoms with van der Waals surface area (Å²) in [5, 5.41) is 4.12. The Morgan fingerprint density at radius 3 is 2.89 bits per heavy atom.